The van der Waals surface area contributed by atoms with Crippen molar-refractivity contribution < 1.29 is 14.3 Å². The molecule has 1 saturated heterocycles. The van der Waals surface area contributed by atoms with E-state index in [0.717, 1.165) is 43.1 Å². The number of carbonyl (C=O) groups is 1. The first-order valence-electron chi connectivity index (χ1n) is 8.27. The van der Waals surface area contributed by atoms with Gasteiger partial charge in [0.25, 0.3) is 5.91 Å². The molecule has 1 aliphatic heterocycles. The molecular formula is C19H21ClN2O3. The van der Waals surface area contributed by atoms with Crippen molar-refractivity contribution >= 4 is 28.9 Å². The number of ether oxygens (including phenoxy) is 2. The molecule has 0 saturated carbocycles. The summed E-state index contributed by atoms with van der Waals surface area (Å²) in [4.78, 5) is 14.5. The highest BCUT2D eigenvalue weighted by atomic mass is 35.5. The van der Waals surface area contributed by atoms with Crippen LogP contribution < -0.4 is 19.7 Å². The number of hydrogen-bond donors (Lipinski definition) is 1. The molecule has 3 rings (SSSR count). The van der Waals surface area contributed by atoms with Gasteiger partial charge in [-0.2, -0.15) is 0 Å². The Labute approximate surface area is 152 Å². The van der Waals surface area contributed by atoms with Crippen LogP contribution in [-0.4, -0.2) is 32.7 Å². The Kier molecular flexibility index (Phi) is 5.66. The SMILES string of the molecule is COc1ccc(OCC(=O)Nc2cccc(Cl)c2N2CCCC2)cc1. The molecule has 1 heterocycles. The Morgan fingerprint density at radius 2 is 1.80 bits per heavy atom. The largest absolute Gasteiger partial charge is 0.497 e. The highest BCUT2D eigenvalue weighted by Gasteiger charge is 2.19. The Bertz CT molecular complexity index is 728. The van der Waals surface area contributed by atoms with Crippen molar-refractivity contribution in [1.29, 1.82) is 0 Å². The quantitative estimate of drug-likeness (QED) is 0.847. The van der Waals surface area contributed by atoms with Gasteiger partial charge in [0.2, 0.25) is 0 Å². The normalized spacial score (nSPS) is 13.6. The van der Waals surface area contributed by atoms with Crippen molar-refractivity contribution in [2.45, 2.75) is 12.8 Å². The Morgan fingerprint density at radius 3 is 2.48 bits per heavy atom. The van der Waals surface area contributed by atoms with E-state index in [1.54, 1.807) is 31.4 Å². The molecule has 0 radical (unpaired) electrons. The summed E-state index contributed by atoms with van der Waals surface area (Å²) in [5.41, 5.74) is 1.61. The molecule has 0 aliphatic carbocycles. The number of nitrogens with zero attached hydrogens (tertiary/aromatic N) is 1. The summed E-state index contributed by atoms with van der Waals surface area (Å²) in [7, 11) is 1.60. The summed E-state index contributed by atoms with van der Waals surface area (Å²) in [5, 5.41) is 3.56. The van der Waals surface area contributed by atoms with E-state index in [1.165, 1.54) is 0 Å². The molecular weight excluding hydrogens is 340 g/mol. The predicted octanol–water partition coefficient (Wildman–Crippen LogP) is 3.97. The van der Waals surface area contributed by atoms with Crippen LogP contribution in [0.25, 0.3) is 0 Å². The molecule has 2 aromatic rings. The van der Waals surface area contributed by atoms with Crippen LogP contribution in [0.15, 0.2) is 42.5 Å². The van der Waals surface area contributed by atoms with Crippen molar-refractivity contribution in [3.05, 3.63) is 47.5 Å². The average molecular weight is 361 g/mol. The number of benzene rings is 2. The Balaban J connectivity index is 1.63. The number of methoxy groups -OCH3 is 1. The summed E-state index contributed by atoms with van der Waals surface area (Å²) in [6.07, 6.45) is 2.28. The number of anilines is 2. The molecule has 132 valence electrons. The van der Waals surface area contributed by atoms with Crippen molar-refractivity contribution in [3.8, 4) is 11.5 Å². The summed E-state index contributed by atoms with van der Waals surface area (Å²) in [5.74, 6) is 1.13. The predicted molar refractivity (Wildman–Crippen MR) is 100 cm³/mol. The van der Waals surface area contributed by atoms with Gasteiger partial charge in [-0.3, -0.25) is 4.79 Å². The molecule has 0 atom stereocenters. The lowest BCUT2D eigenvalue weighted by molar-refractivity contribution is -0.118. The molecule has 5 nitrogen and oxygen atoms in total. The third kappa shape index (κ3) is 4.37. The van der Waals surface area contributed by atoms with Gasteiger partial charge in [0.15, 0.2) is 6.61 Å². The van der Waals surface area contributed by atoms with Crippen molar-refractivity contribution in [3.63, 3.8) is 0 Å². The van der Waals surface area contributed by atoms with E-state index in [2.05, 4.69) is 10.2 Å². The fourth-order valence-corrected chi connectivity index (χ4v) is 3.18. The summed E-state index contributed by atoms with van der Waals surface area (Å²) in [6.45, 7) is 1.84. The van der Waals surface area contributed by atoms with Crippen LogP contribution in [0.4, 0.5) is 11.4 Å². The van der Waals surface area contributed by atoms with Gasteiger partial charge in [-0.25, -0.2) is 0 Å². The molecule has 0 unspecified atom stereocenters. The molecule has 25 heavy (non-hydrogen) atoms. The molecule has 0 aromatic heterocycles. The number of hydrogen-bond acceptors (Lipinski definition) is 4. The van der Waals surface area contributed by atoms with Gasteiger partial charge in [-0.1, -0.05) is 17.7 Å². The summed E-state index contributed by atoms with van der Waals surface area (Å²) >= 11 is 6.36. The van der Waals surface area contributed by atoms with Crippen molar-refractivity contribution in [2.75, 3.05) is 37.0 Å². The zero-order valence-electron chi connectivity index (χ0n) is 14.1. The zero-order chi connectivity index (χ0) is 17.6. The first kappa shape index (κ1) is 17.4. The lowest BCUT2D eigenvalue weighted by Gasteiger charge is -2.23. The second-order valence-electron chi connectivity index (χ2n) is 5.84. The molecule has 1 amide bonds. The smallest absolute Gasteiger partial charge is 0.262 e. The maximum absolute atomic E-state index is 12.3. The minimum absolute atomic E-state index is 0.0711. The van der Waals surface area contributed by atoms with Crippen LogP contribution in [0.1, 0.15) is 12.8 Å². The van der Waals surface area contributed by atoms with Gasteiger partial charge in [0, 0.05) is 13.1 Å². The fraction of sp³-hybridized carbons (Fsp3) is 0.316. The lowest BCUT2D eigenvalue weighted by atomic mass is 10.2. The van der Waals surface area contributed by atoms with Gasteiger partial charge in [0.1, 0.15) is 11.5 Å². The number of halogens is 1. The van der Waals surface area contributed by atoms with Crippen LogP contribution in [0.2, 0.25) is 5.02 Å². The number of para-hydroxylation sites is 1. The fourth-order valence-electron chi connectivity index (χ4n) is 2.89. The maximum Gasteiger partial charge on any atom is 0.262 e. The van der Waals surface area contributed by atoms with Crippen LogP contribution in [-0.2, 0) is 4.79 Å². The second-order valence-corrected chi connectivity index (χ2v) is 6.25. The number of rotatable bonds is 6. The Hall–Kier alpha value is -2.40. The number of carbonyl (C=O) groups excluding carboxylic acids is 1. The van der Waals surface area contributed by atoms with Crippen molar-refractivity contribution in [1.82, 2.24) is 0 Å². The van der Waals surface area contributed by atoms with Gasteiger partial charge in [-0.15, -0.1) is 0 Å². The van der Waals surface area contributed by atoms with Gasteiger partial charge in [-0.05, 0) is 49.2 Å². The molecule has 0 bridgehead atoms. The van der Waals surface area contributed by atoms with E-state index >= 15 is 0 Å². The average Bonchev–Trinajstić information content (AvgIpc) is 3.14. The Morgan fingerprint density at radius 1 is 1.12 bits per heavy atom. The van der Waals surface area contributed by atoms with E-state index in [0.29, 0.717) is 10.8 Å². The van der Waals surface area contributed by atoms with E-state index in [-0.39, 0.29) is 12.5 Å². The monoisotopic (exact) mass is 360 g/mol. The molecule has 1 fully saturated rings. The number of nitrogens with one attached hydrogen (secondary N) is 1. The van der Waals surface area contributed by atoms with Gasteiger partial charge < -0.3 is 19.7 Å². The minimum Gasteiger partial charge on any atom is -0.497 e. The van der Waals surface area contributed by atoms with E-state index in [4.69, 9.17) is 21.1 Å². The third-order valence-electron chi connectivity index (χ3n) is 4.11. The topological polar surface area (TPSA) is 50.8 Å². The van der Waals surface area contributed by atoms with Gasteiger partial charge in [0.05, 0.1) is 23.5 Å². The summed E-state index contributed by atoms with van der Waals surface area (Å²) in [6, 6.07) is 12.7. The van der Waals surface area contributed by atoms with Crippen LogP contribution in [0.3, 0.4) is 0 Å². The minimum atomic E-state index is -0.224. The molecule has 6 heteroatoms. The van der Waals surface area contributed by atoms with Gasteiger partial charge >= 0.3 is 0 Å². The number of amides is 1. The molecule has 1 aliphatic rings. The highest BCUT2D eigenvalue weighted by Crippen LogP contribution is 2.35. The maximum atomic E-state index is 12.3. The molecule has 0 spiro atoms. The molecule has 2 aromatic carbocycles. The highest BCUT2D eigenvalue weighted by molar-refractivity contribution is 6.34. The van der Waals surface area contributed by atoms with E-state index in [9.17, 15) is 4.79 Å². The summed E-state index contributed by atoms with van der Waals surface area (Å²) < 4.78 is 10.6. The third-order valence-corrected chi connectivity index (χ3v) is 4.42. The van der Waals surface area contributed by atoms with E-state index < -0.39 is 0 Å². The zero-order valence-corrected chi connectivity index (χ0v) is 14.9. The second kappa shape index (κ2) is 8.12. The standard InChI is InChI=1S/C19H21ClN2O3/c1-24-14-7-9-15(10-8-14)25-13-18(23)21-17-6-4-5-16(20)19(17)22-11-2-3-12-22/h4-10H,2-3,11-13H2,1H3,(H,21,23). The van der Waals surface area contributed by atoms with Crippen LogP contribution in [0.5, 0.6) is 11.5 Å². The first-order valence-corrected chi connectivity index (χ1v) is 8.65. The van der Waals surface area contributed by atoms with Crippen molar-refractivity contribution in [2.24, 2.45) is 0 Å². The van der Waals surface area contributed by atoms with E-state index in [1.807, 2.05) is 18.2 Å². The first-order chi connectivity index (χ1) is 12.2. The van der Waals surface area contributed by atoms with Crippen LogP contribution in [0, 0.1) is 0 Å². The van der Waals surface area contributed by atoms with Crippen LogP contribution >= 0.6 is 11.6 Å². The lowest BCUT2D eigenvalue weighted by Crippen LogP contribution is -2.24. The molecule has 1 N–H and O–H groups in total.